The van der Waals surface area contributed by atoms with Gasteiger partial charge in [0.05, 0.1) is 0 Å². The van der Waals surface area contributed by atoms with Crippen molar-refractivity contribution < 1.29 is 9.90 Å². The van der Waals surface area contributed by atoms with Gasteiger partial charge in [-0.05, 0) is 10.4 Å². The molecule has 0 spiro atoms. The standard InChI is InChI=1S/C5H4N6O2/c12-5(13)3-1-4(8-7-3)11-2-6-9-10-11/h1-2H,(H,7,8)(H,12,13). The number of carbonyl (C=O) groups is 1. The third-order valence-electron chi connectivity index (χ3n) is 1.38. The number of aromatic amines is 1. The average Bonchev–Trinajstić information content (AvgIpc) is 2.75. The molecule has 0 unspecified atom stereocenters. The molecule has 8 nitrogen and oxygen atoms in total. The van der Waals surface area contributed by atoms with Crippen LogP contribution in [0.3, 0.4) is 0 Å². The summed E-state index contributed by atoms with van der Waals surface area (Å²) in [5.74, 6) is -0.741. The monoisotopic (exact) mass is 180 g/mol. The van der Waals surface area contributed by atoms with Crippen LogP contribution in [0.5, 0.6) is 0 Å². The summed E-state index contributed by atoms with van der Waals surface area (Å²) in [7, 11) is 0. The topological polar surface area (TPSA) is 110 Å². The van der Waals surface area contributed by atoms with Crippen LogP contribution in [0.2, 0.25) is 0 Å². The molecule has 66 valence electrons. The lowest BCUT2D eigenvalue weighted by Crippen LogP contribution is -1.95. The van der Waals surface area contributed by atoms with Gasteiger partial charge in [0.15, 0.2) is 5.82 Å². The lowest BCUT2D eigenvalue weighted by molar-refractivity contribution is 0.0690. The second-order valence-corrected chi connectivity index (χ2v) is 2.20. The minimum atomic E-state index is -1.08. The van der Waals surface area contributed by atoms with Gasteiger partial charge in [0, 0.05) is 6.07 Å². The molecule has 13 heavy (non-hydrogen) atoms. The van der Waals surface area contributed by atoms with Gasteiger partial charge < -0.3 is 5.11 Å². The summed E-state index contributed by atoms with van der Waals surface area (Å²) in [5.41, 5.74) is -0.00880. The average molecular weight is 180 g/mol. The van der Waals surface area contributed by atoms with E-state index < -0.39 is 5.97 Å². The van der Waals surface area contributed by atoms with Gasteiger partial charge >= 0.3 is 5.97 Å². The van der Waals surface area contributed by atoms with Gasteiger partial charge in [0.2, 0.25) is 0 Å². The number of rotatable bonds is 2. The number of carboxylic acid groups (broad SMARTS) is 1. The number of nitrogens with zero attached hydrogens (tertiary/aromatic N) is 5. The molecule has 0 amide bonds. The Labute approximate surface area is 71.2 Å². The predicted molar refractivity (Wildman–Crippen MR) is 38.3 cm³/mol. The molecule has 0 radical (unpaired) electrons. The van der Waals surface area contributed by atoms with E-state index in [4.69, 9.17) is 5.11 Å². The zero-order valence-corrected chi connectivity index (χ0v) is 6.25. The van der Waals surface area contributed by atoms with Crippen LogP contribution in [0.25, 0.3) is 5.82 Å². The van der Waals surface area contributed by atoms with Gasteiger partial charge in [-0.25, -0.2) is 4.79 Å². The predicted octanol–water partition coefficient (Wildman–Crippen LogP) is -0.916. The first-order valence-electron chi connectivity index (χ1n) is 3.29. The number of H-pyrrole nitrogens is 1. The Hall–Kier alpha value is -2.25. The van der Waals surface area contributed by atoms with Crippen molar-refractivity contribution >= 4 is 5.97 Å². The summed E-state index contributed by atoms with van der Waals surface area (Å²) >= 11 is 0. The zero-order valence-electron chi connectivity index (χ0n) is 6.25. The summed E-state index contributed by atoms with van der Waals surface area (Å²) in [5, 5.41) is 24.9. The smallest absolute Gasteiger partial charge is 0.353 e. The first-order valence-corrected chi connectivity index (χ1v) is 3.29. The van der Waals surface area contributed by atoms with Crippen molar-refractivity contribution in [2.45, 2.75) is 0 Å². The van der Waals surface area contributed by atoms with Crippen LogP contribution in [0.15, 0.2) is 12.4 Å². The van der Waals surface area contributed by atoms with Gasteiger partial charge in [-0.1, -0.05) is 0 Å². The highest BCUT2D eigenvalue weighted by Crippen LogP contribution is 2.02. The van der Waals surface area contributed by atoms with E-state index >= 15 is 0 Å². The van der Waals surface area contributed by atoms with Crippen LogP contribution >= 0.6 is 0 Å². The minimum Gasteiger partial charge on any atom is -0.477 e. The fourth-order valence-electron chi connectivity index (χ4n) is 0.804. The largest absolute Gasteiger partial charge is 0.477 e. The molecule has 2 aromatic rings. The molecule has 2 rings (SSSR count). The third-order valence-corrected chi connectivity index (χ3v) is 1.38. The Balaban J connectivity index is 2.39. The van der Waals surface area contributed by atoms with E-state index in [0.717, 1.165) is 0 Å². The first-order chi connectivity index (χ1) is 6.27. The van der Waals surface area contributed by atoms with Crippen LogP contribution in [0.4, 0.5) is 0 Å². The summed E-state index contributed by atoms with van der Waals surface area (Å²) in [6.07, 6.45) is 1.32. The number of nitrogens with one attached hydrogen (secondary N) is 1. The molecule has 8 heteroatoms. The van der Waals surface area contributed by atoms with Crippen LogP contribution in [-0.4, -0.2) is 41.5 Å². The molecule has 0 saturated carbocycles. The fraction of sp³-hybridized carbons (Fsp3) is 0. The molecule has 0 fully saturated rings. The molecule has 0 aliphatic heterocycles. The number of hydrogen-bond donors (Lipinski definition) is 2. The summed E-state index contributed by atoms with van der Waals surface area (Å²) in [4.78, 5) is 10.5. The quantitative estimate of drug-likeness (QED) is 0.618. The number of aromatic carboxylic acids is 1. The SMILES string of the molecule is O=C(O)c1cc(-n2cnnn2)n[nH]1. The summed E-state index contributed by atoms with van der Waals surface area (Å²) < 4.78 is 1.25. The van der Waals surface area contributed by atoms with E-state index in [1.807, 2.05) is 0 Å². The van der Waals surface area contributed by atoms with Crippen molar-refractivity contribution in [1.82, 2.24) is 30.4 Å². The normalized spacial score (nSPS) is 10.2. The second kappa shape index (κ2) is 2.66. The molecule has 0 saturated heterocycles. The lowest BCUT2D eigenvalue weighted by atomic mass is 10.4. The summed E-state index contributed by atoms with van der Waals surface area (Å²) in [6.45, 7) is 0. The molecule has 0 aromatic carbocycles. The minimum absolute atomic E-state index is 0.00880. The summed E-state index contributed by atoms with van der Waals surface area (Å²) in [6, 6.07) is 1.33. The number of hydrogen-bond acceptors (Lipinski definition) is 5. The van der Waals surface area contributed by atoms with E-state index in [0.29, 0.717) is 5.82 Å². The highest BCUT2D eigenvalue weighted by molar-refractivity contribution is 5.85. The van der Waals surface area contributed by atoms with E-state index in [1.165, 1.54) is 17.1 Å². The number of tetrazole rings is 1. The Morgan fingerprint density at radius 2 is 2.46 bits per heavy atom. The van der Waals surface area contributed by atoms with E-state index in [1.54, 1.807) is 0 Å². The van der Waals surface area contributed by atoms with Crippen molar-refractivity contribution in [3.05, 3.63) is 18.1 Å². The molecule has 0 aliphatic carbocycles. The first kappa shape index (κ1) is 7.40. The Kier molecular flexibility index (Phi) is 1.51. The van der Waals surface area contributed by atoms with Gasteiger partial charge in [-0.15, -0.1) is 5.10 Å². The lowest BCUT2D eigenvalue weighted by Gasteiger charge is -1.86. The van der Waals surface area contributed by atoms with Gasteiger partial charge in [0.25, 0.3) is 0 Å². The van der Waals surface area contributed by atoms with Crippen molar-refractivity contribution in [3.8, 4) is 5.82 Å². The Bertz CT molecular complexity index is 418. The van der Waals surface area contributed by atoms with Crippen molar-refractivity contribution in [3.63, 3.8) is 0 Å². The molecule has 2 N–H and O–H groups in total. The number of carboxylic acids is 1. The fourth-order valence-corrected chi connectivity index (χ4v) is 0.804. The van der Waals surface area contributed by atoms with Gasteiger partial charge in [0.1, 0.15) is 12.0 Å². The molecule has 2 aromatic heterocycles. The Morgan fingerprint density at radius 1 is 1.62 bits per heavy atom. The van der Waals surface area contributed by atoms with E-state index in [9.17, 15) is 4.79 Å². The van der Waals surface area contributed by atoms with E-state index in [2.05, 4.69) is 25.7 Å². The molecular weight excluding hydrogens is 176 g/mol. The number of aromatic nitrogens is 6. The highest BCUT2D eigenvalue weighted by atomic mass is 16.4. The molecule has 0 aliphatic rings. The van der Waals surface area contributed by atoms with Crippen LogP contribution in [0, 0.1) is 0 Å². The molecule has 0 atom stereocenters. The van der Waals surface area contributed by atoms with Crippen LogP contribution < -0.4 is 0 Å². The van der Waals surface area contributed by atoms with Crippen LogP contribution in [0.1, 0.15) is 10.5 Å². The van der Waals surface area contributed by atoms with Gasteiger partial charge in [-0.3, -0.25) is 5.10 Å². The van der Waals surface area contributed by atoms with Crippen molar-refractivity contribution in [1.29, 1.82) is 0 Å². The van der Waals surface area contributed by atoms with Gasteiger partial charge in [-0.2, -0.15) is 9.78 Å². The second-order valence-electron chi connectivity index (χ2n) is 2.20. The maximum Gasteiger partial charge on any atom is 0.353 e. The zero-order chi connectivity index (χ0) is 9.26. The van der Waals surface area contributed by atoms with Crippen molar-refractivity contribution in [2.75, 3.05) is 0 Å². The van der Waals surface area contributed by atoms with E-state index in [-0.39, 0.29) is 5.69 Å². The Morgan fingerprint density at radius 3 is 3.00 bits per heavy atom. The maximum atomic E-state index is 10.5. The van der Waals surface area contributed by atoms with Crippen LogP contribution in [-0.2, 0) is 0 Å². The highest BCUT2D eigenvalue weighted by Gasteiger charge is 2.08. The molecule has 2 heterocycles. The molecular formula is C5H4N6O2. The van der Waals surface area contributed by atoms with Crippen molar-refractivity contribution in [2.24, 2.45) is 0 Å². The third kappa shape index (κ3) is 1.24. The maximum absolute atomic E-state index is 10.5. The molecule has 0 bridgehead atoms.